The third-order valence-corrected chi connectivity index (χ3v) is 7.50. The van der Waals surface area contributed by atoms with Crippen molar-refractivity contribution in [3.05, 3.63) is 52.2 Å². The highest BCUT2D eigenvalue weighted by molar-refractivity contribution is 7.89. The van der Waals surface area contributed by atoms with Crippen molar-refractivity contribution in [3.8, 4) is 0 Å². The average Bonchev–Trinajstić information content (AvgIpc) is 3.14. The predicted octanol–water partition coefficient (Wildman–Crippen LogP) is 3.31. The van der Waals surface area contributed by atoms with Gasteiger partial charge in [0.05, 0.1) is 11.4 Å². The van der Waals surface area contributed by atoms with Crippen LogP contribution in [0.25, 0.3) is 0 Å². The lowest BCUT2D eigenvalue weighted by Gasteiger charge is -2.34. The average molecular weight is 393 g/mol. The Kier molecular flexibility index (Phi) is 6.11. The van der Waals surface area contributed by atoms with Gasteiger partial charge in [-0.3, -0.25) is 4.79 Å². The Morgan fingerprint density at radius 2 is 2.00 bits per heavy atom. The number of aryl methyl sites for hydroxylation is 1. The molecule has 26 heavy (non-hydrogen) atoms. The van der Waals surface area contributed by atoms with Crippen molar-refractivity contribution in [2.24, 2.45) is 0 Å². The molecule has 5 nitrogen and oxygen atoms in total. The van der Waals surface area contributed by atoms with Crippen LogP contribution in [0.15, 0.2) is 46.7 Å². The minimum atomic E-state index is -3.58. The summed E-state index contributed by atoms with van der Waals surface area (Å²) in [6, 6.07) is 10.5. The summed E-state index contributed by atoms with van der Waals surface area (Å²) in [7, 11) is -3.58. The summed E-state index contributed by atoms with van der Waals surface area (Å²) in [5, 5.41) is 4.87. The number of thiophene rings is 1. The third kappa shape index (κ3) is 4.52. The molecule has 2 aromatic rings. The number of rotatable bonds is 6. The van der Waals surface area contributed by atoms with Gasteiger partial charge in [-0.25, -0.2) is 8.42 Å². The Balaban J connectivity index is 1.68. The lowest BCUT2D eigenvalue weighted by atomic mass is 10.0. The lowest BCUT2D eigenvalue weighted by Crippen LogP contribution is -2.45. The van der Waals surface area contributed by atoms with E-state index in [0.717, 1.165) is 29.7 Å². The van der Waals surface area contributed by atoms with Crippen LogP contribution in [0.4, 0.5) is 0 Å². The molecule has 2 heterocycles. The van der Waals surface area contributed by atoms with Crippen molar-refractivity contribution in [1.82, 2.24) is 9.62 Å². The van der Waals surface area contributed by atoms with Gasteiger partial charge in [0.2, 0.25) is 15.9 Å². The van der Waals surface area contributed by atoms with E-state index in [9.17, 15) is 13.2 Å². The van der Waals surface area contributed by atoms with E-state index in [-0.39, 0.29) is 18.4 Å². The van der Waals surface area contributed by atoms with Crippen LogP contribution < -0.4 is 5.32 Å². The maximum atomic E-state index is 13.0. The van der Waals surface area contributed by atoms with Crippen molar-refractivity contribution in [3.63, 3.8) is 0 Å². The van der Waals surface area contributed by atoms with E-state index in [1.165, 1.54) is 4.31 Å². The summed E-state index contributed by atoms with van der Waals surface area (Å²) in [5.41, 5.74) is 1.02. The van der Waals surface area contributed by atoms with Crippen molar-refractivity contribution >= 4 is 27.3 Å². The molecule has 7 heteroatoms. The molecule has 1 aromatic carbocycles. The standard InChI is InChI=1S/C19H24N2O3S2/c1-15-7-9-18(10-8-15)26(23,24)21-11-3-2-5-16(21)13-19(22)20-14-17-6-4-12-25-17/h4,6-10,12,16H,2-3,5,11,13-14H2,1H3,(H,20,22)/t16-/m1/s1. The number of piperidine rings is 1. The maximum Gasteiger partial charge on any atom is 0.243 e. The topological polar surface area (TPSA) is 66.5 Å². The van der Waals surface area contributed by atoms with Gasteiger partial charge in [0.1, 0.15) is 0 Å². The molecule has 1 saturated heterocycles. The number of nitrogens with zero attached hydrogens (tertiary/aromatic N) is 1. The summed E-state index contributed by atoms with van der Waals surface area (Å²) in [6.45, 7) is 2.89. The second kappa shape index (κ2) is 8.33. The second-order valence-corrected chi connectivity index (χ2v) is 9.56. The number of hydrogen-bond donors (Lipinski definition) is 1. The number of carbonyl (C=O) groups excluding carboxylic acids is 1. The van der Waals surface area contributed by atoms with Gasteiger partial charge in [0.25, 0.3) is 0 Å². The van der Waals surface area contributed by atoms with Gasteiger partial charge >= 0.3 is 0 Å². The van der Waals surface area contributed by atoms with Gasteiger partial charge in [-0.05, 0) is 43.3 Å². The van der Waals surface area contributed by atoms with E-state index in [4.69, 9.17) is 0 Å². The van der Waals surface area contributed by atoms with E-state index in [1.807, 2.05) is 24.4 Å². The molecule has 1 aromatic heterocycles. The summed E-state index contributed by atoms with van der Waals surface area (Å²) in [5.74, 6) is -0.102. The van der Waals surface area contributed by atoms with Gasteiger partial charge in [-0.2, -0.15) is 4.31 Å². The smallest absolute Gasteiger partial charge is 0.243 e. The normalized spacial score (nSPS) is 18.6. The summed E-state index contributed by atoms with van der Waals surface area (Å²) in [6.07, 6.45) is 2.70. The number of benzene rings is 1. The molecule has 3 rings (SSSR count). The van der Waals surface area contributed by atoms with E-state index < -0.39 is 10.0 Å². The largest absolute Gasteiger partial charge is 0.351 e. The van der Waals surface area contributed by atoms with Crippen LogP contribution in [0.1, 0.15) is 36.1 Å². The van der Waals surface area contributed by atoms with E-state index >= 15 is 0 Å². The van der Waals surface area contributed by atoms with Crippen molar-refractivity contribution < 1.29 is 13.2 Å². The molecule has 1 fully saturated rings. The van der Waals surface area contributed by atoms with Crippen LogP contribution in [0.2, 0.25) is 0 Å². The number of sulfonamides is 1. The Bertz CT molecular complexity index is 830. The van der Waals surface area contributed by atoms with Crippen LogP contribution in [0, 0.1) is 6.92 Å². The first-order valence-corrected chi connectivity index (χ1v) is 11.2. The molecule has 0 saturated carbocycles. The van der Waals surface area contributed by atoms with Gasteiger partial charge < -0.3 is 5.32 Å². The summed E-state index contributed by atoms with van der Waals surface area (Å²) >= 11 is 1.59. The summed E-state index contributed by atoms with van der Waals surface area (Å²) < 4.78 is 27.6. The molecular formula is C19H24N2O3S2. The Morgan fingerprint density at radius 3 is 2.69 bits per heavy atom. The van der Waals surface area contributed by atoms with Crippen LogP contribution in [0.5, 0.6) is 0 Å². The lowest BCUT2D eigenvalue weighted by molar-refractivity contribution is -0.122. The first-order chi connectivity index (χ1) is 12.5. The number of hydrogen-bond acceptors (Lipinski definition) is 4. The minimum Gasteiger partial charge on any atom is -0.351 e. The minimum absolute atomic E-state index is 0.102. The SMILES string of the molecule is Cc1ccc(S(=O)(=O)N2CCCC[C@@H]2CC(=O)NCc2cccs2)cc1. The molecular weight excluding hydrogens is 368 g/mol. The maximum absolute atomic E-state index is 13.0. The molecule has 0 radical (unpaired) electrons. The number of nitrogens with one attached hydrogen (secondary N) is 1. The van der Waals surface area contributed by atoms with Crippen LogP contribution in [-0.2, 0) is 21.4 Å². The Hall–Kier alpha value is -1.70. The highest BCUT2D eigenvalue weighted by Crippen LogP contribution is 2.27. The zero-order valence-electron chi connectivity index (χ0n) is 14.8. The third-order valence-electron chi connectivity index (χ3n) is 4.66. The van der Waals surface area contributed by atoms with Crippen LogP contribution in [0.3, 0.4) is 0 Å². The van der Waals surface area contributed by atoms with Crippen LogP contribution >= 0.6 is 11.3 Å². The van der Waals surface area contributed by atoms with E-state index in [2.05, 4.69) is 5.32 Å². The highest BCUT2D eigenvalue weighted by Gasteiger charge is 2.34. The zero-order valence-corrected chi connectivity index (χ0v) is 16.5. The number of amides is 1. The van der Waals surface area contributed by atoms with E-state index in [0.29, 0.717) is 18.0 Å². The Labute approximate surface area is 159 Å². The highest BCUT2D eigenvalue weighted by atomic mass is 32.2. The molecule has 1 aliphatic heterocycles. The molecule has 140 valence electrons. The molecule has 1 atom stereocenters. The fourth-order valence-electron chi connectivity index (χ4n) is 3.23. The van der Waals surface area contributed by atoms with Crippen molar-refractivity contribution in [2.45, 2.75) is 50.1 Å². The first kappa shape index (κ1) is 19.1. The van der Waals surface area contributed by atoms with Crippen LogP contribution in [-0.4, -0.2) is 31.2 Å². The van der Waals surface area contributed by atoms with Gasteiger partial charge in [0, 0.05) is 23.9 Å². The van der Waals surface area contributed by atoms with Gasteiger partial charge in [-0.15, -0.1) is 11.3 Å². The van der Waals surface area contributed by atoms with E-state index in [1.54, 1.807) is 35.6 Å². The quantitative estimate of drug-likeness (QED) is 0.820. The summed E-state index contributed by atoms with van der Waals surface area (Å²) in [4.78, 5) is 13.7. The molecule has 1 N–H and O–H groups in total. The molecule has 0 spiro atoms. The fraction of sp³-hybridized carbons (Fsp3) is 0.421. The molecule has 0 aliphatic carbocycles. The second-order valence-electron chi connectivity index (χ2n) is 6.64. The number of carbonyl (C=O) groups is 1. The predicted molar refractivity (Wildman–Crippen MR) is 103 cm³/mol. The molecule has 0 bridgehead atoms. The van der Waals surface area contributed by atoms with Crippen molar-refractivity contribution in [1.29, 1.82) is 0 Å². The first-order valence-electron chi connectivity index (χ1n) is 8.84. The van der Waals surface area contributed by atoms with Gasteiger partial charge in [0.15, 0.2) is 0 Å². The fourth-order valence-corrected chi connectivity index (χ4v) is 5.56. The van der Waals surface area contributed by atoms with Crippen molar-refractivity contribution in [2.75, 3.05) is 6.54 Å². The van der Waals surface area contributed by atoms with Gasteiger partial charge in [-0.1, -0.05) is 30.2 Å². The molecule has 1 amide bonds. The zero-order chi connectivity index (χ0) is 18.6. The molecule has 1 aliphatic rings. The monoisotopic (exact) mass is 392 g/mol. The molecule has 0 unspecified atom stereocenters. The Morgan fingerprint density at radius 1 is 1.23 bits per heavy atom.